The van der Waals surface area contributed by atoms with E-state index in [2.05, 4.69) is 4.89 Å². The van der Waals surface area contributed by atoms with Gasteiger partial charge in [0.2, 0.25) is 0 Å². The molecule has 118 valence electrons. The maximum Gasteiger partial charge on any atom is 0.336 e. The average Bonchev–Trinajstić information content (AvgIpc) is 2.51. The molecular weight excluding hydrogens is 288 g/mol. The molecule has 0 fully saturated rings. The largest absolute Gasteiger partial charge is 0.493 e. The van der Waals surface area contributed by atoms with Crippen LogP contribution < -0.4 is 15.1 Å². The molecule has 22 heavy (non-hydrogen) atoms. The van der Waals surface area contributed by atoms with E-state index in [1.165, 1.54) is 20.3 Å². The van der Waals surface area contributed by atoms with E-state index < -0.39 is 11.2 Å². The van der Waals surface area contributed by atoms with Crippen LogP contribution in [-0.4, -0.2) is 25.1 Å². The standard InChI is InChI=1S/C16H18O6/c1-16(2,22-18)8-7-11-14-10(5-6-13(17)21-14)9-12(19-3)15(11)20-4/h5-9,18H,1-4H3/b8-7+. The Labute approximate surface area is 127 Å². The summed E-state index contributed by atoms with van der Waals surface area (Å²) < 4.78 is 16.0. The first-order valence-corrected chi connectivity index (χ1v) is 6.62. The summed E-state index contributed by atoms with van der Waals surface area (Å²) in [6.07, 6.45) is 3.28. The van der Waals surface area contributed by atoms with Gasteiger partial charge in [-0.2, -0.15) is 0 Å². The van der Waals surface area contributed by atoms with E-state index in [1.54, 1.807) is 38.1 Å². The molecule has 2 rings (SSSR count). The highest BCUT2D eigenvalue weighted by Crippen LogP contribution is 2.38. The second-order valence-corrected chi connectivity index (χ2v) is 5.23. The molecular formula is C16H18O6. The quantitative estimate of drug-likeness (QED) is 0.519. The van der Waals surface area contributed by atoms with E-state index in [0.717, 1.165) is 0 Å². The molecule has 0 aliphatic carbocycles. The summed E-state index contributed by atoms with van der Waals surface area (Å²) in [5, 5.41) is 9.57. The minimum atomic E-state index is -0.907. The lowest BCUT2D eigenvalue weighted by atomic mass is 10.0. The van der Waals surface area contributed by atoms with E-state index in [1.807, 2.05) is 0 Å². The third-order valence-corrected chi connectivity index (χ3v) is 3.17. The SMILES string of the molecule is COc1cc2ccc(=O)oc2c(/C=C/C(C)(C)OO)c1OC. The molecule has 6 nitrogen and oxygen atoms in total. The summed E-state index contributed by atoms with van der Waals surface area (Å²) >= 11 is 0. The van der Waals surface area contributed by atoms with E-state index in [0.29, 0.717) is 28.0 Å². The van der Waals surface area contributed by atoms with Crippen LogP contribution >= 0.6 is 0 Å². The summed E-state index contributed by atoms with van der Waals surface area (Å²) in [5.41, 5.74) is -0.475. The Morgan fingerprint density at radius 2 is 1.95 bits per heavy atom. The first-order chi connectivity index (χ1) is 10.4. The van der Waals surface area contributed by atoms with Gasteiger partial charge in [0, 0.05) is 11.5 Å². The summed E-state index contributed by atoms with van der Waals surface area (Å²) in [6, 6.07) is 4.71. The van der Waals surface area contributed by atoms with Gasteiger partial charge in [-0.1, -0.05) is 0 Å². The van der Waals surface area contributed by atoms with Crippen molar-refractivity contribution in [1.82, 2.24) is 0 Å². The Morgan fingerprint density at radius 3 is 2.55 bits per heavy atom. The van der Waals surface area contributed by atoms with Crippen LogP contribution in [0.5, 0.6) is 11.5 Å². The second kappa shape index (κ2) is 6.21. The lowest BCUT2D eigenvalue weighted by Gasteiger charge is -2.16. The van der Waals surface area contributed by atoms with Gasteiger partial charge in [0.15, 0.2) is 11.5 Å². The molecule has 0 unspecified atom stereocenters. The first-order valence-electron chi connectivity index (χ1n) is 6.62. The molecule has 0 spiro atoms. The van der Waals surface area contributed by atoms with Crippen molar-refractivity contribution in [2.75, 3.05) is 14.2 Å². The second-order valence-electron chi connectivity index (χ2n) is 5.23. The molecule has 1 aromatic heterocycles. The van der Waals surface area contributed by atoms with Gasteiger partial charge in [0.1, 0.15) is 11.2 Å². The van der Waals surface area contributed by atoms with Crippen LogP contribution in [0.2, 0.25) is 0 Å². The lowest BCUT2D eigenvalue weighted by molar-refractivity contribution is -0.296. The van der Waals surface area contributed by atoms with Crippen LogP contribution in [0.4, 0.5) is 0 Å². The highest BCUT2D eigenvalue weighted by molar-refractivity contribution is 5.90. The number of rotatable bonds is 5. The molecule has 0 amide bonds. The van der Waals surface area contributed by atoms with Crippen LogP contribution in [-0.2, 0) is 4.89 Å². The van der Waals surface area contributed by atoms with Crippen molar-refractivity contribution >= 4 is 17.0 Å². The molecule has 0 saturated carbocycles. The number of benzene rings is 1. The Kier molecular flexibility index (Phi) is 4.54. The fraction of sp³-hybridized carbons (Fsp3) is 0.312. The predicted molar refractivity (Wildman–Crippen MR) is 82.4 cm³/mol. The summed E-state index contributed by atoms with van der Waals surface area (Å²) in [6.45, 7) is 3.35. The number of hydrogen-bond acceptors (Lipinski definition) is 6. The first kappa shape index (κ1) is 16.1. The molecule has 2 aromatic rings. The Bertz CT molecular complexity index is 757. The minimum absolute atomic E-state index is 0.370. The number of hydrogen-bond donors (Lipinski definition) is 1. The molecule has 6 heteroatoms. The van der Waals surface area contributed by atoms with Crippen molar-refractivity contribution in [1.29, 1.82) is 0 Å². The van der Waals surface area contributed by atoms with Crippen molar-refractivity contribution < 1.29 is 24.0 Å². The van der Waals surface area contributed by atoms with Crippen molar-refractivity contribution in [2.45, 2.75) is 19.4 Å². The van der Waals surface area contributed by atoms with E-state index in [4.69, 9.17) is 19.1 Å². The van der Waals surface area contributed by atoms with Crippen LogP contribution in [0, 0.1) is 0 Å². The molecule has 0 aliphatic heterocycles. The van der Waals surface area contributed by atoms with Crippen LogP contribution in [0.25, 0.3) is 17.0 Å². The smallest absolute Gasteiger partial charge is 0.336 e. The van der Waals surface area contributed by atoms with Gasteiger partial charge < -0.3 is 13.9 Å². The van der Waals surface area contributed by atoms with Gasteiger partial charge in [-0.15, -0.1) is 0 Å². The molecule has 0 saturated heterocycles. The van der Waals surface area contributed by atoms with Crippen LogP contribution in [0.3, 0.4) is 0 Å². The van der Waals surface area contributed by atoms with Crippen molar-refractivity contribution in [3.63, 3.8) is 0 Å². The molecule has 0 radical (unpaired) electrons. The van der Waals surface area contributed by atoms with Gasteiger partial charge in [0.25, 0.3) is 0 Å². The number of fused-ring (bicyclic) bond motifs is 1. The Balaban J connectivity index is 2.77. The molecule has 0 atom stereocenters. The summed E-state index contributed by atoms with van der Waals surface area (Å²) in [5.74, 6) is 0.931. The molecule has 1 aromatic carbocycles. The lowest BCUT2D eigenvalue weighted by Crippen LogP contribution is -2.18. The Hall–Kier alpha value is -2.31. The third-order valence-electron chi connectivity index (χ3n) is 3.17. The zero-order chi connectivity index (χ0) is 16.3. The van der Waals surface area contributed by atoms with Gasteiger partial charge in [0.05, 0.1) is 19.8 Å². The molecule has 1 N–H and O–H groups in total. The Morgan fingerprint density at radius 1 is 1.23 bits per heavy atom. The minimum Gasteiger partial charge on any atom is -0.493 e. The zero-order valence-electron chi connectivity index (χ0n) is 12.9. The summed E-state index contributed by atoms with van der Waals surface area (Å²) in [7, 11) is 3.02. The topological polar surface area (TPSA) is 78.1 Å². The van der Waals surface area contributed by atoms with Crippen molar-refractivity contribution in [3.05, 3.63) is 40.3 Å². The highest BCUT2D eigenvalue weighted by atomic mass is 17.1. The van der Waals surface area contributed by atoms with Crippen LogP contribution in [0.15, 0.2) is 33.5 Å². The summed E-state index contributed by atoms with van der Waals surface area (Å²) in [4.78, 5) is 15.9. The number of ether oxygens (including phenoxy) is 2. The average molecular weight is 306 g/mol. The highest BCUT2D eigenvalue weighted by Gasteiger charge is 2.18. The zero-order valence-corrected chi connectivity index (χ0v) is 12.9. The maximum absolute atomic E-state index is 11.5. The van der Waals surface area contributed by atoms with Crippen molar-refractivity contribution in [3.8, 4) is 11.5 Å². The molecule has 1 heterocycles. The van der Waals surface area contributed by atoms with Gasteiger partial charge in [-0.05, 0) is 38.1 Å². The molecule has 0 bridgehead atoms. The maximum atomic E-state index is 11.5. The van der Waals surface area contributed by atoms with E-state index >= 15 is 0 Å². The molecule has 0 aliphatic rings. The van der Waals surface area contributed by atoms with E-state index in [-0.39, 0.29) is 0 Å². The van der Waals surface area contributed by atoms with Gasteiger partial charge in [-0.25, -0.2) is 9.68 Å². The third kappa shape index (κ3) is 3.13. The van der Waals surface area contributed by atoms with Gasteiger partial charge >= 0.3 is 5.63 Å². The van der Waals surface area contributed by atoms with Crippen molar-refractivity contribution in [2.24, 2.45) is 0 Å². The van der Waals surface area contributed by atoms with Gasteiger partial charge in [-0.3, -0.25) is 5.26 Å². The van der Waals surface area contributed by atoms with E-state index in [9.17, 15) is 4.79 Å². The fourth-order valence-electron chi connectivity index (χ4n) is 2.02. The predicted octanol–water partition coefficient (Wildman–Crippen LogP) is 3.09. The fourth-order valence-corrected chi connectivity index (χ4v) is 2.02. The van der Waals surface area contributed by atoms with Crippen LogP contribution in [0.1, 0.15) is 19.4 Å². The monoisotopic (exact) mass is 306 g/mol. The normalized spacial score (nSPS) is 12.0. The number of methoxy groups -OCH3 is 2.